The van der Waals surface area contributed by atoms with Gasteiger partial charge in [-0.3, -0.25) is 19.3 Å². The number of rotatable bonds is 6. The maximum Gasteiger partial charge on any atom is 0.304 e. The third-order valence-electron chi connectivity index (χ3n) is 4.29. The van der Waals surface area contributed by atoms with Gasteiger partial charge in [-0.1, -0.05) is 24.3 Å². The summed E-state index contributed by atoms with van der Waals surface area (Å²) in [5, 5.41) is 9.31. The van der Waals surface area contributed by atoms with Gasteiger partial charge in [-0.2, -0.15) is 0 Å². The van der Waals surface area contributed by atoms with Crippen LogP contribution < -0.4 is 0 Å². The quantitative estimate of drug-likeness (QED) is 0.793. The lowest BCUT2D eigenvalue weighted by Gasteiger charge is -2.27. The molecule has 124 valence electrons. The fraction of sp³-hybridized carbons (Fsp3) is 0.471. The van der Waals surface area contributed by atoms with Gasteiger partial charge in [-0.25, -0.2) is 0 Å². The van der Waals surface area contributed by atoms with Crippen LogP contribution in [0.2, 0.25) is 0 Å². The molecule has 0 saturated carbocycles. The second-order valence-corrected chi connectivity index (χ2v) is 6.30. The summed E-state index contributed by atoms with van der Waals surface area (Å²) in [5.41, 5.74) is 0.165. The van der Waals surface area contributed by atoms with Crippen molar-refractivity contribution >= 4 is 17.8 Å². The van der Waals surface area contributed by atoms with Crippen molar-refractivity contribution in [1.29, 1.82) is 0 Å². The average Bonchev–Trinajstić information content (AvgIpc) is 2.68. The molecular formula is C17H22N2O4. The Balaban J connectivity index is 2.44. The molecule has 1 N–H and O–H groups in total. The van der Waals surface area contributed by atoms with Crippen molar-refractivity contribution < 1.29 is 19.5 Å². The van der Waals surface area contributed by atoms with E-state index in [1.54, 1.807) is 12.1 Å². The molecule has 1 fully saturated rings. The van der Waals surface area contributed by atoms with Gasteiger partial charge in [0.1, 0.15) is 0 Å². The summed E-state index contributed by atoms with van der Waals surface area (Å²) in [6, 6.07) is 7.18. The van der Waals surface area contributed by atoms with E-state index in [1.807, 2.05) is 38.1 Å². The predicted molar refractivity (Wildman–Crippen MR) is 85.0 cm³/mol. The molecule has 0 unspecified atom stereocenters. The van der Waals surface area contributed by atoms with Crippen molar-refractivity contribution in [3.05, 3.63) is 35.4 Å². The number of carbonyl (C=O) groups is 3. The van der Waals surface area contributed by atoms with Crippen molar-refractivity contribution in [3.8, 4) is 0 Å². The number of carboxylic acids is 1. The van der Waals surface area contributed by atoms with E-state index in [9.17, 15) is 19.5 Å². The molecule has 6 heteroatoms. The summed E-state index contributed by atoms with van der Waals surface area (Å²) in [4.78, 5) is 39.8. The van der Waals surface area contributed by atoms with Crippen molar-refractivity contribution in [2.75, 3.05) is 27.2 Å². The number of aryl methyl sites for hydroxylation is 1. The zero-order valence-electron chi connectivity index (χ0n) is 13.7. The topological polar surface area (TPSA) is 77.9 Å². The van der Waals surface area contributed by atoms with Crippen LogP contribution in [0.4, 0.5) is 0 Å². The van der Waals surface area contributed by atoms with E-state index in [-0.39, 0.29) is 25.3 Å². The van der Waals surface area contributed by atoms with E-state index in [0.29, 0.717) is 12.1 Å². The van der Waals surface area contributed by atoms with Gasteiger partial charge >= 0.3 is 5.97 Å². The number of hydrogen-bond acceptors (Lipinski definition) is 4. The Labute approximate surface area is 135 Å². The third-order valence-corrected chi connectivity index (χ3v) is 4.29. The largest absolute Gasteiger partial charge is 0.481 e. The Bertz CT molecular complexity index is 641. The number of imide groups is 1. The maximum atomic E-state index is 13.0. The van der Waals surface area contributed by atoms with Crippen LogP contribution in [0.5, 0.6) is 0 Å². The molecule has 1 saturated heterocycles. The minimum Gasteiger partial charge on any atom is -0.481 e. The van der Waals surface area contributed by atoms with Gasteiger partial charge < -0.3 is 10.0 Å². The Morgan fingerprint density at radius 1 is 1.30 bits per heavy atom. The van der Waals surface area contributed by atoms with Crippen molar-refractivity contribution in [1.82, 2.24) is 9.80 Å². The van der Waals surface area contributed by atoms with Crippen molar-refractivity contribution in [3.63, 3.8) is 0 Å². The van der Waals surface area contributed by atoms with Gasteiger partial charge in [0.2, 0.25) is 11.8 Å². The van der Waals surface area contributed by atoms with Crippen molar-refractivity contribution in [2.24, 2.45) is 0 Å². The molecule has 0 spiro atoms. The number of likely N-dealkylation sites (tertiary alicyclic amines) is 1. The first-order valence-electron chi connectivity index (χ1n) is 7.55. The monoisotopic (exact) mass is 318 g/mol. The molecule has 2 rings (SSSR count). The van der Waals surface area contributed by atoms with Crippen molar-refractivity contribution in [2.45, 2.75) is 25.2 Å². The smallest absolute Gasteiger partial charge is 0.304 e. The number of carboxylic acid groups (broad SMARTS) is 1. The van der Waals surface area contributed by atoms with Gasteiger partial charge in [0, 0.05) is 19.5 Å². The SMILES string of the molecule is Cc1ccccc1[C@]1(CC(=O)O)CC(=O)N(CCN(C)C)C1=O. The van der Waals surface area contributed by atoms with E-state index in [1.165, 1.54) is 4.90 Å². The standard InChI is InChI=1S/C17H22N2O4/c1-12-6-4-5-7-13(12)17(11-15(21)22)10-14(20)19(16(17)23)9-8-18(2)3/h4-7H,8-11H2,1-3H3,(H,21,22)/t17-/m1/s1. The van der Waals surface area contributed by atoms with Gasteiger partial charge in [-0.15, -0.1) is 0 Å². The Hall–Kier alpha value is -2.21. The number of carbonyl (C=O) groups excluding carboxylic acids is 2. The number of hydrogen-bond donors (Lipinski definition) is 1. The van der Waals surface area contributed by atoms with Gasteiger partial charge in [0.05, 0.1) is 11.8 Å². The molecule has 2 amide bonds. The molecule has 1 aliphatic heterocycles. The second-order valence-electron chi connectivity index (χ2n) is 6.30. The Morgan fingerprint density at radius 2 is 1.96 bits per heavy atom. The van der Waals surface area contributed by atoms with Crippen LogP contribution in [0.25, 0.3) is 0 Å². The van der Waals surface area contributed by atoms with Crippen LogP contribution >= 0.6 is 0 Å². The fourth-order valence-electron chi connectivity index (χ4n) is 3.14. The summed E-state index contributed by atoms with van der Waals surface area (Å²) in [7, 11) is 3.72. The van der Waals surface area contributed by atoms with Gasteiger partial charge in [-0.05, 0) is 32.1 Å². The van der Waals surface area contributed by atoms with Crippen LogP contribution in [0.3, 0.4) is 0 Å². The van der Waals surface area contributed by atoms with Gasteiger partial charge in [0.15, 0.2) is 0 Å². The molecule has 1 aromatic carbocycles. The Kier molecular flexibility index (Phi) is 4.85. The van der Waals surface area contributed by atoms with E-state index < -0.39 is 17.3 Å². The zero-order chi connectivity index (χ0) is 17.2. The lowest BCUT2D eigenvalue weighted by atomic mass is 9.74. The summed E-state index contributed by atoms with van der Waals surface area (Å²) in [6.45, 7) is 2.66. The molecule has 0 aliphatic carbocycles. The minimum atomic E-state index is -1.29. The number of nitrogens with zero attached hydrogens (tertiary/aromatic N) is 2. The molecule has 1 aromatic rings. The highest BCUT2D eigenvalue weighted by Crippen LogP contribution is 2.41. The molecule has 0 bridgehead atoms. The molecule has 0 radical (unpaired) electrons. The van der Waals surface area contributed by atoms with Crippen LogP contribution in [0.15, 0.2) is 24.3 Å². The zero-order valence-corrected chi connectivity index (χ0v) is 13.7. The molecular weight excluding hydrogens is 296 g/mol. The molecule has 6 nitrogen and oxygen atoms in total. The number of benzene rings is 1. The maximum absolute atomic E-state index is 13.0. The molecule has 23 heavy (non-hydrogen) atoms. The van der Waals surface area contributed by atoms with E-state index in [4.69, 9.17) is 0 Å². The van der Waals surface area contributed by atoms with Crippen LogP contribution in [-0.2, 0) is 19.8 Å². The summed E-state index contributed by atoms with van der Waals surface area (Å²) in [5.74, 6) is -1.79. The van der Waals surface area contributed by atoms with Crippen LogP contribution in [-0.4, -0.2) is 59.9 Å². The highest BCUT2D eigenvalue weighted by Gasteiger charge is 2.54. The van der Waals surface area contributed by atoms with Crippen LogP contribution in [0, 0.1) is 6.92 Å². The molecule has 1 aliphatic rings. The number of amides is 2. The number of aliphatic carboxylic acids is 1. The molecule has 1 heterocycles. The first kappa shape index (κ1) is 17.1. The minimum absolute atomic E-state index is 0.0869. The first-order valence-corrected chi connectivity index (χ1v) is 7.55. The summed E-state index contributed by atoms with van der Waals surface area (Å²) >= 11 is 0. The lowest BCUT2D eigenvalue weighted by Crippen LogP contribution is -2.42. The highest BCUT2D eigenvalue weighted by molar-refractivity contribution is 6.10. The van der Waals surface area contributed by atoms with Crippen LogP contribution in [0.1, 0.15) is 24.0 Å². The fourth-order valence-corrected chi connectivity index (χ4v) is 3.14. The Morgan fingerprint density at radius 3 is 2.52 bits per heavy atom. The van der Waals surface area contributed by atoms with E-state index in [2.05, 4.69) is 0 Å². The first-order chi connectivity index (χ1) is 10.8. The normalized spacial score (nSPS) is 21.3. The van der Waals surface area contributed by atoms with Gasteiger partial charge in [0.25, 0.3) is 0 Å². The lowest BCUT2D eigenvalue weighted by molar-refractivity contribution is -0.145. The summed E-state index contributed by atoms with van der Waals surface area (Å²) in [6.07, 6.45) is -0.461. The molecule has 0 aromatic heterocycles. The second kappa shape index (κ2) is 6.50. The summed E-state index contributed by atoms with van der Waals surface area (Å²) < 4.78 is 0. The van der Waals surface area contributed by atoms with E-state index >= 15 is 0 Å². The highest BCUT2D eigenvalue weighted by atomic mass is 16.4. The van der Waals surface area contributed by atoms with E-state index in [0.717, 1.165) is 5.56 Å². The molecule has 1 atom stereocenters. The average molecular weight is 318 g/mol. The third kappa shape index (κ3) is 3.27. The predicted octanol–water partition coefficient (Wildman–Crippen LogP) is 1.03. The number of likely N-dealkylation sites (N-methyl/N-ethyl adjacent to an activating group) is 1.